The highest BCUT2D eigenvalue weighted by molar-refractivity contribution is 6.31. The molecular weight excluding hydrogens is 292 g/mol. The fraction of sp³-hybridized carbons (Fsp3) is 0.357. The van der Waals surface area contributed by atoms with Gasteiger partial charge in [0.05, 0.1) is 30.4 Å². The summed E-state index contributed by atoms with van der Waals surface area (Å²) in [6, 6.07) is 5.40. The molecule has 3 rings (SSSR count). The highest BCUT2D eigenvalue weighted by Gasteiger charge is 2.26. The molecule has 1 aromatic heterocycles. The molecule has 1 unspecified atom stereocenters. The van der Waals surface area contributed by atoms with Crippen LogP contribution in [0.4, 0.5) is 5.82 Å². The van der Waals surface area contributed by atoms with E-state index >= 15 is 0 Å². The van der Waals surface area contributed by atoms with Gasteiger partial charge in [-0.15, -0.1) is 0 Å². The lowest BCUT2D eigenvalue weighted by molar-refractivity contribution is -0.132. The quantitative estimate of drug-likeness (QED) is 0.904. The molecule has 7 heteroatoms. The molecule has 1 aromatic carbocycles. The molecule has 0 saturated carbocycles. The van der Waals surface area contributed by atoms with Crippen molar-refractivity contribution < 1.29 is 9.53 Å². The number of likely N-dealkylation sites (N-methyl/N-ethyl adjacent to an activating group) is 1. The summed E-state index contributed by atoms with van der Waals surface area (Å²) in [5.41, 5.74) is 1.53. The van der Waals surface area contributed by atoms with Gasteiger partial charge < -0.3 is 15.0 Å². The van der Waals surface area contributed by atoms with Crippen molar-refractivity contribution in [1.82, 2.24) is 15.3 Å². The molecule has 0 radical (unpaired) electrons. The number of rotatable bonds is 2. The Labute approximate surface area is 127 Å². The van der Waals surface area contributed by atoms with E-state index in [0.717, 1.165) is 16.9 Å². The van der Waals surface area contributed by atoms with Crippen LogP contribution in [-0.2, 0) is 9.53 Å². The first kappa shape index (κ1) is 14.0. The molecule has 6 nitrogen and oxygen atoms in total. The normalized spacial score (nSPS) is 18.8. The minimum atomic E-state index is -0.480. The molecule has 1 aliphatic heterocycles. The van der Waals surface area contributed by atoms with Gasteiger partial charge in [-0.25, -0.2) is 4.98 Å². The van der Waals surface area contributed by atoms with Crippen molar-refractivity contribution in [3.05, 3.63) is 29.4 Å². The molecule has 1 amide bonds. The number of halogens is 1. The van der Waals surface area contributed by atoms with Gasteiger partial charge >= 0.3 is 0 Å². The number of ether oxygens (including phenoxy) is 1. The summed E-state index contributed by atoms with van der Waals surface area (Å²) >= 11 is 5.94. The van der Waals surface area contributed by atoms with Gasteiger partial charge in [0.1, 0.15) is 5.82 Å². The SMILES string of the molecule is CNC(=O)C1CN(c2cnc3cc(Cl)ccc3n2)CCO1. The van der Waals surface area contributed by atoms with Gasteiger partial charge in [0.15, 0.2) is 6.10 Å². The van der Waals surface area contributed by atoms with E-state index in [0.29, 0.717) is 24.7 Å². The predicted molar refractivity (Wildman–Crippen MR) is 80.6 cm³/mol. The number of nitrogens with one attached hydrogen (secondary N) is 1. The second kappa shape index (κ2) is 5.83. The molecular formula is C14H15ClN4O2. The van der Waals surface area contributed by atoms with E-state index in [9.17, 15) is 4.79 Å². The van der Waals surface area contributed by atoms with Gasteiger partial charge in [0, 0.05) is 18.6 Å². The molecule has 2 heterocycles. The number of nitrogens with zero attached hydrogens (tertiary/aromatic N) is 3. The van der Waals surface area contributed by atoms with Crippen molar-refractivity contribution in [2.45, 2.75) is 6.10 Å². The second-order valence-corrected chi connectivity index (χ2v) is 5.22. The third-order valence-corrected chi connectivity index (χ3v) is 3.66. The Kier molecular flexibility index (Phi) is 3.90. The smallest absolute Gasteiger partial charge is 0.250 e. The summed E-state index contributed by atoms with van der Waals surface area (Å²) < 4.78 is 5.47. The molecule has 1 atom stereocenters. The Hall–Kier alpha value is -1.92. The predicted octanol–water partition coefficient (Wildman–Crippen LogP) is 1.23. The Morgan fingerprint density at radius 1 is 1.48 bits per heavy atom. The molecule has 1 fully saturated rings. The highest BCUT2D eigenvalue weighted by Crippen LogP contribution is 2.20. The molecule has 21 heavy (non-hydrogen) atoms. The van der Waals surface area contributed by atoms with Crippen molar-refractivity contribution in [2.24, 2.45) is 0 Å². The first-order valence-corrected chi connectivity index (χ1v) is 7.05. The molecule has 0 spiro atoms. The standard InChI is InChI=1S/C14H15ClN4O2/c1-16-14(20)12-8-19(4-5-21-12)13-7-17-11-6-9(15)2-3-10(11)18-13/h2-3,6-7,12H,4-5,8H2,1H3,(H,16,20). The number of fused-ring (bicyclic) bond motifs is 1. The van der Waals surface area contributed by atoms with Crippen LogP contribution in [0.1, 0.15) is 0 Å². The summed E-state index contributed by atoms with van der Waals surface area (Å²) in [6.45, 7) is 1.63. The Morgan fingerprint density at radius 2 is 2.33 bits per heavy atom. The van der Waals surface area contributed by atoms with Crippen LogP contribution in [0.5, 0.6) is 0 Å². The van der Waals surface area contributed by atoms with Crippen LogP contribution >= 0.6 is 11.6 Å². The molecule has 1 saturated heterocycles. The summed E-state index contributed by atoms with van der Waals surface area (Å²) in [5.74, 6) is 0.613. The van der Waals surface area contributed by atoms with Crippen LogP contribution < -0.4 is 10.2 Å². The van der Waals surface area contributed by atoms with E-state index < -0.39 is 6.10 Å². The van der Waals surface area contributed by atoms with Gasteiger partial charge in [0.25, 0.3) is 5.91 Å². The Morgan fingerprint density at radius 3 is 3.14 bits per heavy atom. The summed E-state index contributed by atoms with van der Waals surface area (Å²) in [6.07, 6.45) is 1.22. The summed E-state index contributed by atoms with van der Waals surface area (Å²) in [5, 5.41) is 3.24. The zero-order chi connectivity index (χ0) is 14.8. The number of aromatic nitrogens is 2. The number of amides is 1. The van der Waals surface area contributed by atoms with E-state index in [4.69, 9.17) is 16.3 Å². The van der Waals surface area contributed by atoms with E-state index in [1.165, 1.54) is 0 Å². The van der Waals surface area contributed by atoms with Crippen LogP contribution in [0, 0.1) is 0 Å². The van der Waals surface area contributed by atoms with Crippen molar-refractivity contribution in [1.29, 1.82) is 0 Å². The topological polar surface area (TPSA) is 67.4 Å². The van der Waals surface area contributed by atoms with E-state index in [1.807, 2.05) is 11.0 Å². The number of morpholine rings is 1. The average molecular weight is 307 g/mol. The molecule has 1 aliphatic rings. The first-order valence-electron chi connectivity index (χ1n) is 6.68. The van der Waals surface area contributed by atoms with Crippen molar-refractivity contribution in [3.8, 4) is 0 Å². The minimum Gasteiger partial charge on any atom is -0.365 e. The fourth-order valence-electron chi connectivity index (χ4n) is 2.30. The maximum atomic E-state index is 11.7. The number of carbonyl (C=O) groups is 1. The second-order valence-electron chi connectivity index (χ2n) is 4.78. The molecule has 110 valence electrons. The van der Waals surface area contributed by atoms with Crippen LogP contribution in [0.15, 0.2) is 24.4 Å². The number of anilines is 1. The average Bonchev–Trinajstić information content (AvgIpc) is 2.53. The van der Waals surface area contributed by atoms with Gasteiger partial charge in [-0.05, 0) is 18.2 Å². The maximum Gasteiger partial charge on any atom is 0.250 e. The summed E-state index contributed by atoms with van der Waals surface area (Å²) in [7, 11) is 1.60. The first-order chi connectivity index (χ1) is 10.2. The number of benzene rings is 1. The zero-order valence-corrected chi connectivity index (χ0v) is 12.3. The van der Waals surface area contributed by atoms with E-state index in [-0.39, 0.29) is 5.91 Å². The number of hydrogen-bond acceptors (Lipinski definition) is 5. The highest BCUT2D eigenvalue weighted by atomic mass is 35.5. The minimum absolute atomic E-state index is 0.125. The van der Waals surface area contributed by atoms with Crippen LogP contribution in [-0.4, -0.2) is 48.7 Å². The zero-order valence-electron chi connectivity index (χ0n) is 11.5. The van der Waals surface area contributed by atoms with E-state index in [1.54, 1.807) is 25.4 Å². The molecule has 0 aliphatic carbocycles. The third kappa shape index (κ3) is 2.91. The Balaban J connectivity index is 1.86. The number of hydrogen-bond donors (Lipinski definition) is 1. The van der Waals surface area contributed by atoms with Gasteiger partial charge in [0.2, 0.25) is 0 Å². The Bertz CT molecular complexity index is 679. The lowest BCUT2D eigenvalue weighted by Gasteiger charge is -2.32. The summed E-state index contributed by atoms with van der Waals surface area (Å²) in [4.78, 5) is 22.6. The molecule has 0 bridgehead atoms. The van der Waals surface area contributed by atoms with E-state index in [2.05, 4.69) is 15.3 Å². The van der Waals surface area contributed by atoms with Gasteiger partial charge in [-0.2, -0.15) is 0 Å². The lowest BCUT2D eigenvalue weighted by atomic mass is 10.2. The van der Waals surface area contributed by atoms with Crippen molar-refractivity contribution in [3.63, 3.8) is 0 Å². The van der Waals surface area contributed by atoms with Crippen molar-refractivity contribution in [2.75, 3.05) is 31.6 Å². The fourth-order valence-corrected chi connectivity index (χ4v) is 2.47. The lowest BCUT2D eigenvalue weighted by Crippen LogP contribution is -2.49. The number of carbonyl (C=O) groups excluding carboxylic acids is 1. The van der Waals surface area contributed by atoms with Crippen molar-refractivity contribution >= 4 is 34.4 Å². The van der Waals surface area contributed by atoms with Crippen LogP contribution in [0.2, 0.25) is 5.02 Å². The van der Waals surface area contributed by atoms with Gasteiger partial charge in [-0.1, -0.05) is 11.6 Å². The van der Waals surface area contributed by atoms with Crippen LogP contribution in [0.3, 0.4) is 0 Å². The largest absolute Gasteiger partial charge is 0.365 e. The third-order valence-electron chi connectivity index (χ3n) is 3.42. The molecule has 2 aromatic rings. The van der Waals surface area contributed by atoms with Gasteiger partial charge in [-0.3, -0.25) is 9.78 Å². The monoisotopic (exact) mass is 306 g/mol. The molecule has 1 N–H and O–H groups in total. The maximum absolute atomic E-state index is 11.7. The van der Waals surface area contributed by atoms with Crippen LogP contribution in [0.25, 0.3) is 11.0 Å².